The molecule has 1 aromatic heterocycles. The summed E-state index contributed by atoms with van der Waals surface area (Å²) in [5, 5.41) is 4.01. The molecule has 3 rings (SSSR count). The zero-order valence-corrected chi connectivity index (χ0v) is 13.4. The second-order valence-electron chi connectivity index (χ2n) is 4.59. The Morgan fingerprint density at radius 2 is 1.95 bits per heavy atom. The van der Waals surface area contributed by atoms with Crippen molar-refractivity contribution >= 4 is 33.2 Å². The minimum absolute atomic E-state index is 0.637. The Bertz CT molecular complexity index is 740. The number of nitrogens with one attached hydrogen (secondary N) is 2. The third-order valence-corrected chi connectivity index (χ3v) is 3.89. The number of nitrogens with zero attached hydrogens (tertiary/aromatic N) is 1. The summed E-state index contributed by atoms with van der Waals surface area (Å²) < 4.78 is 0.960. The van der Waals surface area contributed by atoms with Crippen molar-refractivity contribution in [1.29, 1.82) is 0 Å². The van der Waals surface area contributed by atoms with E-state index >= 15 is 0 Å². The first-order valence-electron chi connectivity index (χ1n) is 6.50. The summed E-state index contributed by atoms with van der Waals surface area (Å²) in [6, 6.07) is 15.8. The van der Waals surface area contributed by atoms with Crippen LogP contribution >= 0.6 is 27.5 Å². The van der Waals surface area contributed by atoms with Gasteiger partial charge in [0.2, 0.25) is 0 Å². The monoisotopic (exact) mass is 361 g/mol. The lowest BCUT2D eigenvalue weighted by atomic mass is 10.2. The molecule has 0 aliphatic rings. The molecule has 0 atom stereocenters. The van der Waals surface area contributed by atoms with E-state index in [1.807, 2.05) is 48.5 Å². The number of para-hydroxylation sites is 1. The van der Waals surface area contributed by atoms with Crippen LogP contribution in [-0.2, 0) is 6.54 Å². The summed E-state index contributed by atoms with van der Waals surface area (Å²) in [6.45, 7) is 0.637. The number of anilines is 1. The third kappa shape index (κ3) is 3.46. The number of benzene rings is 2. The number of rotatable bonds is 4. The van der Waals surface area contributed by atoms with Gasteiger partial charge in [0.05, 0.1) is 23.5 Å². The predicted octanol–water partition coefficient (Wildman–Crippen LogP) is 5.10. The van der Waals surface area contributed by atoms with Crippen molar-refractivity contribution in [3.63, 3.8) is 0 Å². The lowest BCUT2D eigenvalue weighted by Gasteiger charge is -2.04. The Morgan fingerprint density at radius 1 is 1.14 bits per heavy atom. The summed E-state index contributed by atoms with van der Waals surface area (Å²) in [6.07, 6.45) is 1.80. The highest BCUT2D eigenvalue weighted by Crippen LogP contribution is 2.29. The van der Waals surface area contributed by atoms with E-state index in [2.05, 4.69) is 31.2 Å². The minimum atomic E-state index is 0.637. The van der Waals surface area contributed by atoms with Gasteiger partial charge in [0, 0.05) is 15.7 Å². The molecule has 1 heterocycles. The molecular weight excluding hydrogens is 350 g/mol. The van der Waals surface area contributed by atoms with Gasteiger partial charge < -0.3 is 10.3 Å². The second-order valence-corrected chi connectivity index (χ2v) is 5.91. The molecular formula is C16H13BrClN3. The molecule has 5 heteroatoms. The van der Waals surface area contributed by atoms with Crippen LogP contribution in [0.3, 0.4) is 0 Å². The predicted molar refractivity (Wildman–Crippen MR) is 90.5 cm³/mol. The average molecular weight is 363 g/mol. The van der Waals surface area contributed by atoms with Crippen molar-refractivity contribution < 1.29 is 0 Å². The molecule has 2 aromatic carbocycles. The van der Waals surface area contributed by atoms with E-state index < -0.39 is 0 Å². The van der Waals surface area contributed by atoms with Crippen molar-refractivity contribution in [2.45, 2.75) is 6.54 Å². The van der Waals surface area contributed by atoms with Crippen molar-refractivity contribution in [1.82, 2.24) is 9.97 Å². The maximum Gasteiger partial charge on any atom is 0.125 e. The molecule has 0 aliphatic carbocycles. The van der Waals surface area contributed by atoms with Crippen molar-refractivity contribution in [3.05, 3.63) is 70.0 Å². The van der Waals surface area contributed by atoms with Gasteiger partial charge in [-0.05, 0) is 24.3 Å². The highest BCUT2D eigenvalue weighted by molar-refractivity contribution is 9.10. The molecule has 2 N–H and O–H groups in total. The Balaban J connectivity index is 1.74. The summed E-state index contributed by atoms with van der Waals surface area (Å²) >= 11 is 9.66. The average Bonchev–Trinajstić information content (AvgIpc) is 2.95. The van der Waals surface area contributed by atoms with Crippen LogP contribution in [0.1, 0.15) is 5.82 Å². The van der Waals surface area contributed by atoms with Crippen molar-refractivity contribution in [2.24, 2.45) is 0 Å². The molecule has 0 bridgehead atoms. The smallest absolute Gasteiger partial charge is 0.125 e. The summed E-state index contributed by atoms with van der Waals surface area (Å²) in [7, 11) is 0. The quantitative estimate of drug-likeness (QED) is 0.677. The molecule has 0 spiro atoms. The molecule has 0 amide bonds. The number of halogens is 2. The third-order valence-electron chi connectivity index (χ3n) is 3.08. The lowest BCUT2D eigenvalue weighted by molar-refractivity contribution is 1.00. The van der Waals surface area contributed by atoms with Gasteiger partial charge in [-0.2, -0.15) is 0 Å². The number of hydrogen-bond donors (Lipinski definition) is 2. The zero-order chi connectivity index (χ0) is 14.7. The van der Waals surface area contributed by atoms with E-state index in [9.17, 15) is 0 Å². The highest BCUT2D eigenvalue weighted by Gasteiger charge is 2.07. The largest absolute Gasteiger partial charge is 0.378 e. The number of H-pyrrole nitrogens is 1. The van der Waals surface area contributed by atoms with Crippen LogP contribution in [0.15, 0.2) is 59.2 Å². The molecule has 0 unspecified atom stereocenters. The Labute approximate surface area is 136 Å². The van der Waals surface area contributed by atoms with Gasteiger partial charge in [0.25, 0.3) is 0 Å². The number of hydrogen-bond acceptors (Lipinski definition) is 2. The van der Waals surface area contributed by atoms with Gasteiger partial charge in [-0.3, -0.25) is 0 Å². The van der Waals surface area contributed by atoms with Gasteiger partial charge >= 0.3 is 0 Å². The minimum Gasteiger partial charge on any atom is -0.378 e. The first kappa shape index (κ1) is 14.2. The van der Waals surface area contributed by atoms with Crippen LogP contribution in [0.5, 0.6) is 0 Å². The number of imidazole rings is 1. The summed E-state index contributed by atoms with van der Waals surface area (Å²) in [5.41, 5.74) is 2.92. The van der Waals surface area contributed by atoms with Crippen LogP contribution in [-0.4, -0.2) is 9.97 Å². The number of aromatic nitrogens is 2. The van der Waals surface area contributed by atoms with Crippen LogP contribution in [0.25, 0.3) is 11.3 Å². The Hall–Kier alpha value is -1.78. The Morgan fingerprint density at radius 3 is 2.71 bits per heavy atom. The first-order valence-corrected chi connectivity index (χ1v) is 7.68. The van der Waals surface area contributed by atoms with E-state index in [4.69, 9.17) is 11.6 Å². The van der Waals surface area contributed by atoms with Crippen molar-refractivity contribution in [3.8, 4) is 11.3 Å². The van der Waals surface area contributed by atoms with Gasteiger partial charge in [-0.25, -0.2) is 4.98 Å². The topological polar surface area (TPSA) is 40.7 Å². The van der Waals surface area contributed by atoms with Crippen LogP contribution < -0.4 is 5.32 Å². The first-order chi connectivity index (χ1) is 10.2. The molecule has 0 radical (unpaired) electrons. The fourth-order valence-corrected chi connectivity index (χ4v) is 2.81. The molecule has 0 saturated carbocycles. The maximum absolute atomic E-state index is 6.25. The van der Waals surface area contributed by atoms with Crippen molar-refractivity contribution in [2.75, 3.05) is 5.32 Å². The van der Waals surface area contributed by atoms with Gasteiger partial charge in [0.1, 0.15) is 5.82 Å². The molecule has 0 fully saturated rings. The maximum atomic E-state index is 6.25. The van der Waals surface area contributed by atoms with E-state index in [1.54, 1.807) is 6.20 Å². The standard InChI is InChI=1S/C16H13BrClN3/c17-11-6-7-13(14(18)8-11)15-9-20-16(21-15)10-19-12-4-2-1-3-5-12/h1-9,19H,10H2,(H,20,21). The molecule has 3 aromatic rings. The normalized spacial score (nSPS) is 10.6. The number of aromatic amines is 1. The Kier molecular flexibility index (Phi) is 4.27. The summed E-state index contributed by atoms with van der Waals surface area (Å²) in [5.74, 6) is 0.868. The van der Waals surface area contributed by atoms with Crippen LogP contribution in [0.4, 0.5) is 5.69 Å². The van der Waals surface area contributed by atoms with Crippen LogP contribution in [0.2, 0.25) is 5.02 Å². The van der Waals surface area contributed by atoms with E-state index in [0.717, 1.165) is 27.2 Å². The zero-order valence-electron chi connectivity index (χ0n) is 11.1. The van der Waals surface area contributed by atoms with Gasteiger partial charge in [0.15, 0.2) is 0 Å². The molecule has 0 aliphatic heterocycles. The van der Waals surface area contributed by atoms with E-state index in [-0.39, 0.29) is 0 Å². The van der Waals surface area contributed by atoms with E-state index in [1.165, 1.54) is 0 Å². The highest BCUT2D eigenvalue weighted by atomic mass is 79.9. The van der Waals surface area contributed by atoms with Gasteiger partial charge in [-0.1, -0.05) is 51.8 Å². The van der Waals surface area contributed by atoms with Crippen LogP contribution in [0, 0.1) is 0 Å². The SMILES string of the molecule is Clc1cc(Br)ccc1-c1cnc(CNc2ccccc2)[nH]1. The lowest BCUT2D eigenvalue weighted by Crippen LogP contribution is -2.00. The van der Waals surface area contributed by atoms with E-state index in [0.29, 0.717) is 11.6 Å². The fraction of sp³-hybridized carbons (Fsp3) is 0.0625. The second kappa shape index (κ2) is 6.33. The summed E-state index contributed by atoms with van der Waals surface area (Å²) in [4.78, 5) is 7.67. The van der Waals surface area contributed by atoms with Gasteiger partial charge in [-0.15, -0.1) is 0 Å². The fourth-order valence-electron chi connectivity index (χ4n) is 2.04. The molecule has 3 nitrogen and oxygen atoms in total. The molecule has 21 heavy (non-hydrogen) atoms. The molecule has 0 saturated heterocycles. The molecule has 106 valence electrons.